The van der Waals surface area contributed by atoms with E-state index in [1.807, 2.05) is 0 Å². The maximum Gasteiger partial charge on any atom is 0.472 e. The quantitative estimate of drug-likeness (QED) is 0.0146. The van der Waals surface area contributed by atoms with Crippen LogP contribution in [0.2, 0.25) is 0 Å². The molecular weight excluding hydrogens is 852 g/mol. The van der Waals surface area contributed by atoms with Gasteiger partial charge >= 0.3 is 19.8 Å². The molecule has 0 amide bonds. The standard InChI is InChI=1S/C51H91O13P/c1-3-5-7-9-11-13-15-17-19-21-22-24-26-28-30-32-34-36-38-40-45(53)63-43(42-62-65(59,60)64-51-49(57)47(55)46(54)48(56)50(51)58)41-61-44(52)39-37-35-33-31-29-27-25-23-20-18-16-14-12-10-8-6-4-2/h11,13,17,19,22,24,28,30,43,46-51,54-58H,3-10,12,14-16,18,20-21,23,25-27,29,31-42H2,1-2H3,(H,59,60)/b13-11+,19-17+,24-22+,30-28+/t43-,46?,47-,48?,49?,50?,51?/m1/s1. The topological polar surface area (TPSA) is 210 Å². The van der Waals surface area contributed by atoms with Crippen LogP contribution in [0, 0.1) is 0 Å². The number of hydrogen-bond acceptors (Lipinski definition) is 12. The molecule has 0 radical (unpaired) electrons. The molecule has 1 aliphatic carbocycles. The zero-order valence-corrected chi connectivity index (χ0v) is 41.2. The Balaban J connectivity index is 2.44. The van der Waals surface area contributed by atoms with Crippen LogP contribution >= 0.6 is 7.82 Å². The molecule has 0 aromatic rings. The number of carbonyl (C=O) groups is 2. The summed E-state index contributed by atoms with van der Waals surface area (Å²) in [4.78, 5) is 35.8. The number of hydrogen-bond donors (Lipinski definition) is 6. The van der Waals surface area contributed by atoms with Crippen molar-refractivity contribution in [2.45, 2.75) is 249 Å². The first-order valence-corrected chi connectivity index (χ1v) is 26.9. The van der Waals surface area contributed by atoms with E-state index in [9.17, 15) is 44.6 Å². The van der Waals surface area contributed by atoms with E-state index < -0.39 is 75.7 Å². The Morgan fingerprint density at radius 2 is 0.831 bits per heavy atom. The predicted molar refractivity (Wildman–Crippen MR) is 258 cm³/mol. The molecule has 0 aromatic carbocycles. The highest BCUT2D eigenvalue weighted by Crippen LogP contribution is 2.47. The van der Waals surface area contributed by atoms with Crippen molar-refractivity contribution in [3.05, 3.63) is 48.6 Å². The van der Waals surface area contributed by atoms with Gasteiger partial charge in [0.25, 0.3) is 0 Å². The minimum Gasteiger partial charge on any atom is -0.462 e. The third kappa shape index (κ3) is 33.0. The molecule has 13 nitrogen and oxygen atoms in total. The molecule has 0 spiro atoms. The smallest absolute Gasteiger partial charge is 0.462 e. The van der Waals surface area contributed by atoms with Gasteiger partial charge < -0.3 is 39.9 Å². The van der Waals surface area contributed by atoms with Crippen LogP contribution in [0.1, 0.15) is 206 Å². The van der Waals surface area contributed by atoms with E-state index in [1.165, 1.54) is 103 Å². The molecule has 0 bridgehead atoms. The number of carbonyl (C=O) groups excluding carboxylic acids is 2. The van der Waals surface area contributed by atoms with Crippen molar-refractivity contribution >= 4 is 19.8 Å². The predicted octanol–water partition coefficient (Wildman–Crippen LogP) is 10.7. The SMILES string of the molecule is CCCCC/C=C/C/C=C/C/C=C/C/C=C/CCCCCC(=O)O[C@H](COC(=O)CCCCCCCCCCCCCCCCCCC)COP(=O)(O)OC1C(O)C(O)C(O)[C@@H](O)C1O. The Bertz CT molecular complexity index is 1320. The summed E-state index contributed by atoms with van der Waals surface area (Å²) in [6.45, 7) is 3.27. The third-order valence-electron chi connectivity index (χ3n) is 11.7. The molecule has 65 heavy (non-hydrogen) atoms. The van der Waals surface area contributed by atoms with Gasteiger partial charge in [0, 0.05) is 12.8 Å². The van der Waals surface area contributed by atoms with Gasteiger partial charge in [-0.1, -0.05) is 184 Å². The molecule has 1 saturated carbocycles. The molecular formula is C51H91O13P. The Morgan fingerprint density at radius 3 is 1.29 bits per heavy atom. The summed E-state index contributed by atoms with van der Waals surface area (Å²) in [6, 6.07) is 0. The zero-order chi connectivity index (χ0) is 47.8. The average molecular weight is 943 g/mol. The van der Waals surface area contributed by atoms with Crippen molar-refractivity contribution in [2.75, 3.05) is 13.2 Å². The number of ether oxygens (including phenoxy) is 2. The Hall–Kier alpha value is -2.19. The minimum absolute atomic E-state index is 0.0597. The summed E-state index contributed by atoms with van der Waals surface area (Å²) >= 11 is 0. The van der Waals surface area contributed by atoms with E-state index in [0.29, 0.717) is 12.8 Å². The molecule has 8 atom stereocenters. The largest absolute Gasteiger partial charge is 0.472 e. The first kappa shape index (κ1) is 60.8. The molecule has 378 valence electrons. The monoisotopic (exact) mass is 943 g/mol. The minimum atomic E-state index is -5.13. The van der Waals surface area contributed by atoms with Gasteiger partial charge in [-0.25, -0.2) is 4.57 Å². The van der Waals surface area contributed by atoms with Crippen LogP contribution in [-0.4, -0.2) is 98.3 Å². The normalized spacial score (nSPS) is 21.8. The van der Waals surface area contributed by atoms with Crippen LogP contribution in [0.4, 0.5) is 0 Å². The van der Waals surface area contributed by atoms with Crippen LogP contribution < -0.4 is 0 Å². The number of phosphoric ester groups is 1. The Morgan fingerprint density at radius 1 is 0.477 bits per heavy atom. The fourth-order valence-corrected chi connectivity index (χ4v) is 8.54. The van der Waals surface area contributed by atoms with Crippen molar-refractivity contribution in [3.8, 4) is 0 Å². The molecule has 1 rings (SSSR count). The first-order valence-electron chi connectivity index (χ1n) is 25.4. The summed E-state index contributed by atoms with van der Waals surface area (Å²) in [5.74, 6) is -1.13. The lowest BCUT2D eigenvalue weighted by atomic mass is 9.85. The van der Waals surface area contributed by atoms with Crippen molar-refractivity contribution in [3.63, 3.8) is 0 Å². The van der Waals surface area contributed by atoms with E-state index in [4.69, 9.17) is 18.5 Å². The molecule has 0 aromatic heterocycles. The van der Waals surface area contributed by atoms with E-state index >= 15 is 0 Å². The number of unbranched alkanes of at least 4 members (excludes halogenated alkanes) is 22. The second-order valence-electron chi connectivity index (χ2n) is 17.7. The van der Waals surface area contributed by atoms with Gasteiger partial charge in [-0.2, -0.15) is 0 Å². The van der Waals surface area contributed by atoms with Gasteiger partial charge in [0.1, 0.15) is 43.2 Å². The molecule has 0 aliphatic heterocycles. The van der Waals surface area contributed by atoms with Crippen LogP contribution in [-0.2, 0) is 32.7 Å². The number of esters is 2. The average Bonchev–Trinajstić information content (AvgIpc) is 3.29. The zero-order valence-electron chi connectivity index (χ0n) is 40.3. The fraction of sp³-hybridized carbons (Fsp3) is 0.804. The summed E-state index contributed by atoms with van der Waals surface area (Å²) in [5, 5.41) is 50.2. The summed E-state index contributed by atoms with van der Waals surface area (Å²) in [5.41, 5.74) is 0. The lowest BCUT2D eigenvalue weighted by molar-refractivity contribution is -0.220. The lowest BCUT2D eigenvalue weighted by Gasteiger charge is -2.41. The molecule has 6 N–H and O–H groups in total. The van der Waals surface area contributed by atoms with E-state index in [2.05, 4.69) is 62.5 Å². The van der Waals surface area contributed by atoms with E-state index in [1.54, 1.807) is 0 Å². The third-order valence-corrected chi connectivity index (χ3v) is 12.7. The van der Waals surface area contributed by atoms with Crippen molar-refractivity contribution in [1.82, 2.24) is 0 Å². The van der Waals surface area contributed by atoms with Gasteiger partial charge in [0.15, 0.2) is 6.10 Å². The molecule has 6 unspecified atom stereocenters. The summed E-state index contributed by atoms with van der Waals surface area (Å²) in [6.07, 6.45) is 35.8. The molecule has 0 heterocycles. The highest BCUT2D eigenvalue weighted by Gasteiger charge is 2.51. The van der Waals surface area contributed by atoms with Crippen LogP contribution in [0.15, 0.2) is 48.6 Å². The number of aliphatic hydroxyl groups is 5. The van der Waals surface area contributed by atoms with Gasteiger partial charge in [-0.05, 0) is 57.8 Å². The number of rotatable bonds is 42. The van der Waals surface area contributed by atoms with Crippen molar-refractivity contribution < 1.29 is 63.1 Å². The summed E-state index contributed by atoms with van der Waals surface area (Å²) < 4.78 is 33.6. The maximum absolute atomic E-state index is 12.8. The first-order chi connectivity index (χ1) is 31.4. The van der Waals surface area contributed by atoms with E-state index in [-0.39, 0.29) is 12.8 Å². The fourth-order valence-electron chi connectivity index (χ4n) is 7.57. The second-order valence-corrected chi connectivity index (χ2v) is 19.1. The number of phosphoric acid groups is 1. The van der Waals surface area contributed by atoms with Crippen molar-refractivity contribution in [1.29, 1.82) is 0 Å². The van der Waals surface area contributed by atoms with Gasteiger partial charge in [0.05, 0.1) is 6.61 Å². The lowest BCUT2D eigenvalue weighted by Crippen LogP contribution is -2.64. The van der Waals surface area contributed by atoms with Crippen LogP contribution in [0.25, 0.3) is 0 Å². The van der Waals surface area contributed by atoms with E-state index in [0.717, 1.165) is 64.2 Å². The van der Waals surface area contributed by atoms with Crippen LogP contribution in [0.3, 0.4) is 0 Å². The molecule has 14 heteroatoms. The highest BCUT2D eigenvalue weighted by atomic mass is 31.2. The molecule has 1 aliphatic rings. The Labute approximate surface area is 392 Å². The maximum atomic E-state index is 12.8. The van der Waals surface area contributed by atoms with Crippen molar-refractivity contribution in [2.24, 2.45) is 0 Å². The molecule has 1 fully saturated rings. The van der Waals surface area contributed by atoms with Gasteiger partial charge in [-0.3, -0.25) is 18.6 Å². The highest BCUT2D eigenvalue weighted by molar-refractivity contribution is 7.47. The number of aliphatic hydroxyl groups excluding tert-OH is 5. The number of allylic oxidation sites excluding steroid dienone is 8. The summed E-state index contributed by atoms with van der Waals surface area (Å²) in [7, 11) is -5.13. The Kier molecular flexibility index (Phi) is 38.2. The van der Waals surface area contributed by atoms with Gasteiger partial charge in [0.2, 0.25) is 0 Å². The van der Waals surface area contributed by atoms with Crippen LogP contribution in [0.5, 0.6) is 0 Å². The van der Waals surface area contributed by atoms with Gasteiger partial charge in [-0.15, -0.1) is 0 Å². The molecule has 0 saturated heterocycles. The second kappa shape index (κ2) is 40.8.